The van der Waals surface area contributed by atoms with E-state index in [1.165, 1.54) is 0 Å². The maximum absolute atomic E-state index is 4.10. The lowest BCUT2D eigenvalue weighted by molar-refractivity contribution is 1.13. The Bertz CT molecular complexity index is 134. The van der Waals surface area contributed by atoms with Crippen LogP contribution in [0, 0.1) is 0 Å². The summed E-state index contributed by atoms with van der Waals surface area (Å²) in [6, 6.07) is 0. The smallest absolute Gasteiger partial charge is 0.0364 e. The molecule has 0 radical (unpaired) electrons. The summed E-state index contributed by atoms with van der Waals surface area (Å²) in [4.78, 5) is 7.65. The predicted octanol–water partition coefficient (Wildman–Crippen LogP) is 1.68. The molecule has 0 amide bonds. The van der Waals surface area contributed by atoms with Gasteiger partial charge in [-0.2, -0.15) is 0 Å². The number of nitrogens with zero attached hydrogens (tertiary/aromatic N) is 2. The van der Waals surface area contributed by atoms with Crippen LogP contribution in [0.1, 0.15) is 13.8 Å². The normalized spacial score (nSPS) is 12.4. The van der Waals surface area contributed by atoms with E-state index in [1.54, 1.807) is 6.20 Å². The number of hydrogen-bond acceptors (Lipinski definition) is 2. The monoisotopic (exact) mass is 124 g/mol. The first-order chi connectivity index (χ1) is 4.31. The van der Waals surface area contributed by atoms with Crippen molar-refractivity contribution in [3.05, 3.63) is 12.3 Å². The van der Waals surface area contributed by atoms with Crippen LogP contribution in [-0.4, -0.2) is 19.0 Å². The zero-order chi connectivity index (χ0) is 7.11. The van der Waals surface area contributed by atoms with E-state index >= 15 is 0 Å². The van der Waals surface area contributed by atoms with Crippen molar-refractivity contribution in [2.45, 2.75) is 13.8 Å². The number of hydrogen-bond donors (Lipinski definition) is 0. The van der Waals surface area contributed by atoms with E-state index in [2.05, 4.69) is 16.7 Å². The molecule has 0 atom stereocenters. The van der Waals surface area contributed by atoms with Gasteiger partial charge in [-0.25, -0.2) is 0 Å². The Hall–Kier alpha value is -0.920. The van der Waals surface area contributed by atoms with Gasteiger partial charge in [0, 0.05) is 18.5 Å². The van der Waals surface area contributed by atoms with Gasteiger partial charge < -0.3 is 0 Å². The molecule has 0 saturated carbocycles. The lowest BCUT2D eigenvalue weighted by Crippen LogP contribution is -1.84. The van der Waals surface area contributed by atoms with Gasteiger partial charge in [0.1, 0.15) is 0 Å². The van der Waals surface area contributed by atoms with Crippen LogP contribution in [0.4, 0.5) is 0 Å². The van der Waals surface area contributed by atoms with Crippen LogP contribution in [-0.2, 0) is 0 Å². The zero-order valence-electron chi connectivity index (χ0n) is 5.96. The highest BCUT2D eigenvalue weighted by molar-refractivity contribution is 5.92. The first-order valence-corrected chi connectivity index (χ1v) is 2.94. The Morgan fingerprint density at radius 2 is 2.33 bits per heavy atom. The van der Waals surface area contributed by atoms with E-state index in [9.17, 15) is 0 Å². The van der Waals surface area contributed by atoms with Gasteiger partial charge in [-0.05, 0) is 26.6 Å². The second-order valence-corrected chi connectivity index (χ2v) is 1.61. The number of allylic oxidation sites excluding steroid dienone is 1. The van der Waals surface area contributed by atoms with Crippen molar-refractivity contribution in [1.29, 1.82) is 0 Å². The average Bonchev–Trinajstić information content (AvgIpc) is 1.85. The van der Waals surface area contributed by atoms with Crippen molar-refractivity contribution in [3.63, 3.8) is 0 Å². The predicted molar refractivity (Wildman–Crippen MR) is 42.3 cm³/mol. The SMILES string of the molecule is C=N/C=C\C(C)=N/CC. The van der Waals surface area contributed by atoms with Crippen LogP contribution < -0.4 is 0 Å². The molecular formula is C7H12N2. The van der Waals surface area contributed by atoms with Gasteiger partial charge in [0.25, 0.3) is 0 Å². The lowest BCUT2D eigenvalue weighted by atomic mass is 10.4. The summed E-state index contributed by atoms with van der Waals surface area (Å²) in [6.07, 6.45) is 3.46. The molecule has 0 aromatic heterocycles. The maximum Gasteiger partial charge on any atom is 0.0364 e. The van der Waals surface area contributed by atoms with Gasteiger partial charge in [0.05, 0.1) is 0 Å². The average molecular weight is 124 g/mol. The maximum atomic E-state index is 4.10. The Balaban J connectivity index is 3.74. The first kappa shape index (κ1) is 8.08. The third-order valence-corrected chi connectivity index (χ3v) is 0.829. The summed E-state index contributed by atoms with van der Waals surface area (Å²) >= 11 is 0. The van der Waals surface area contributed by atoms with Crippen molar-refractivity contribution >= 4 is 12.4 Å². The third-order valence-electron chi connectivity index (χ3n) is 0.829. The quantitative estimate of drug-likeness (QED) is 0.511. The first-order valence-electron chi connectivity index (χ1n) is 2.94. The van der Waals surface area contributed by atoms with Crippen LogP contribution in [0.15, 0.2) is 22.3 Å². The van der Waals surface area contributed by atoms with Crippen LogP contribution in [0.2, 0.25) is 0 Å². The Kier molecular flexibility index (Phi) is 4.69. The number of aliphatic imine (C=N–C) groups is 2. The van der Waals surface area contributed by atoms with Crippen molar-refractivity contribution in [3.8, 4) is 0 Å². The van der Waals surface area contributed by atoms with E-state index in [0.717, 1.165) is 12.3 Å². The van der Waals surface area contributed by atoms with Gasteiger partial charge in [-0.1, -0.05) is 0 Å². The summed E-state index contributed by atoms with van der Waals surface area (Å²) in [5, 5.41) is 0. The molecule has 9 heavy (non-hydrogen) atoms. The minimum atomic E-state index is 0.827. The van der Waals surface area contributed by atoms with Gasteiger partial charge >= 0.3 is 0 Å². The van der Waals surface area contributed by atoms with Crippen molar-refractivity contribution in [1.82, 2.24) is 0 Å². The zero-order valence-corrected chi connectivity index (χ0v) is 5.96. The highest BCUT2D eigenvalue weighted by Crippen LogP contribution is 1.80. The topological polar surface area (TPSA) is 24.7 Å². The molecule has 0 aliphatic carbocycles. The second-order valence-electron chi connectivity index (χ2n) is 1.61. The van der Waals surface area contributed by atoms with E-state index in [0.29, 0.717) is 0 Å². The number of rotatable bonds is 3. The van der Waals surface area contributed by atoms with Gasteiger partial charge in [0.15, 0.2) is 0 Å². The summed E-state index contributed by atoms with van der Waals surface area (Å²) in [6.45, 7) is 8.06. The highest BCUT2D eigenvalue weighted by atomic mass is 14.7. The molecule has 0 fully saturated rings. The molecule has 2 heteroatoms. The molecule has 0 unspecified atom stereocenters. The molecule has 0 N–H and O–H groups in total. The summed E-state index contributed by atoms with van der Waals surface area (Å²) in [5.41, 5.74) is 0.991. The van der Waals surface area contributed by atoms with Gasteiger partial charge in [-0.15, -0.1) is 0 Å². The molecule has 2 nitrogen and oxygen atoms in total. The van der Waals surface area contributed by atoms with E-state index < -0.39 is 0 Å². The molecule has 0 saturated heterocycles. The summed E-state index contributed by atoms with van der Waals surface area (Å²) in [7, 11) is 0. The standard InChI is InChI=1S/C7H12N2/c1-4-9-7(2)5-6-8-3/h5-6H,3-4H2,1-2H3/b6-5-,9-7-. The fourth-order valence-electron chi connectivity index (χ4n) is 0.463. The molecule has 0 aliphatic rings. The fraction of sp³-hybridized carbons (Fsp3) is 0.429. The second kappa shape index (κ2) is 5.22. The van der Waals surface area contributed by atoms with Crippen LogP contribution >= 0.6 is 0 Å². The molecule has 0 rings (SSSR count). The van der Waals surface area contributed by atoms with Crippen molar-refractivity contribution in [2.24, 2.45) is 9.98 Å². The van der Waals surface area contributed by atoms with Crippen LogP contribution in [0.3, 0.4) is 0 Å². The lowest BCUT2D eigenvalue weighted by Gasteiger charge is -1.85. The third kappa shape index (κ3) is 4.94. The minimum Gasteiger partial charge on any atom is -0.290 e. The van der Waals surface area contributed by atoms with E-state index in [-0.39, 0.29) is 0 Å². The minimum absolute atomic E-state index is 0.827. The van der Waals surface area contributed by atoms with E-state index in [4.69, 9.17) is 0 Å². The molecule has 0 spiro atoms. The molecule has 50 valence electrons. The molecule has 0 aromatic rings. The largest absolute Gasteiger partial charge is 0.290 e. The molecular weight excluding hydrogens is 112 g/mol. The van der Waals surface area contributed by atoms with Crippen LogP contribution in [0.5, 0.6) is 0 Å². The highest BCUT2D eigenvalue weighted by Gasteiger charge is 1.76. The van der Waals surface area contributed by atoms with Gasteiger partial charge in [0.2, 0.25) is 0 Å². The Morgan fingerprint density at radius 3 is 2.78 bits per heavy atom. The van der Waals surface area contributed by atoms with Gasteiger partial charge in [-0.3, -0.25) is 9.98 Å². The van der Waals surface area contributed by atoms with Crippen molar-refractivity contribution in [2.75, 3.05) is 6.54 Å². The fourth-order valence-corrected chi connectivity index (χ4v) is 0.463. The molecule has 0 heterocycles. The molecule has 0 aliphatic heterocycles. The van der Waals surface area contributed by atoms with Crippen molar-refractivity contribution < 1.29 is 0 Å². The molecule has 0 aromatic carbocycles. The Morgan fingerprint density at radius 1 is 1.67 bits per heavy atom. The van der Waals surface area contributed by atoms with Crippen LogP contribution in [0.25, 0.3) is 0 Å². The van der Waals surface area contributed by atoms with E-state index in [1.807, 2.05) is 19.9 Å². The Labute approximate surface area is 56.0 Å². The summed E-state index contributed by atoms with van der Waals surface area (Å²) in [5.74, 6) is 0. The summed E-state index contributed by atoms with van der Waals surface area (Å²) < 4.78 is 0. The molecule has 0 bridgehead atoms.